The van der Waals surface area contributed by atoms with E-state index in [0.717, 1.165) is 28.1 Å². The van der Waals surface area contributed by atoms with E-state index in [-0.39, 0.29) is 11.8 Å². The van der Waals surface area contributed by atoms with Gasteiger partial charge in [0.15, 0.2) is 5.60 Å². The molecule has 0 bridgehead atoms. The summed E-state index contributed by atoms with van der Waals surface area (Å²) in [7, 11) is 7.92. The summed E-state index contributed by atoms with van der Waals surface area (Å²) in [5, 5.41) is 0. The quantitative estimate of drug-likeness (QED) is 0.462. The maximum atomic E-state index is 12.9. The molecule has 1 spiro atoms. The van der Waals surface area contributed by atoms with Gasteiger partial charge in [-0.05, 0) is 45.0 Å². The van der Waals surface area contributed by atoms with E-state index < -0.39 is 5.60 Å². The van der Waals surface area contributed by atoms with E-state index in [4.69, 9.17) is 9.47 Å². The fourth-order valence-corrected chi connectivity index (χ4v) is 4.12. The van der Waals surface area contributed by atoms with Crippen LogP contribution in [0.3, 0.4) is 0 Å². The van der Waals surface area contributed by atoms with Crippen molar-refractivity contribution in [2.75, 3.05) is 38.0 Å². The second-order valence-electron chi connectivity index (χ2n) is 8.76. The molecule has 4 rings (SSSR count). The number of ketones is 1. The molecule has 6 heteroatoms. The number of esters is 1. The van der Waals surface area contributed by atoms with Gasteiger partial charge in [-0.1, -0.05) is 38.7 Å². The van der Waals surface area contributed by atoms with E-state index >= 15 is 0 Å². The summed E-state index contributed by atoms with van der Waals surface area (Å²) in [5.74, 6) is 1.13. The monoisotopic (exact) mass is 490 g/mol. The van der Waals surface area contributed by atoms with Crippen LogP contribution in [0.1, 0.15) is 45.7 Å². The van der Waals surface area contributed by atoms with Crippen LogP contribution in [0.15, 0.2) is 72.4 Å². The number of fused-ring (bicyclic) bond motifs is 4. The molecule has 2 aromatic rings. The first-order chi connectivity index (χ1) is 17.1. The molecule has 2 aliphatic heterocycles. The smallest absolute Gasteiger partial charge is 0.340 e. The Hall–Kier alpha value is -3.80. The first-order valence-corrected chi connectivity index (χ1v) is 12.1. The minimum Gasteiger partial charge on any atom is -0.456 e. The number of hydrogen-bond donors (Lipinski definition) is 0. The minimum absolute atomic E-state index is 0.167. The highest BCUT2D eigenvalue weighted by molar-refractivity contribution is 5.98. The predicted molar refractivity (Wildman–Crippen MR) is 148 cm³/mol. The third-order valence-electron chi connectivity index (χ3n) is 5.61. The number of nitrogens with zero attached hydrogens (tertiary/aromatic N) is 2. The van der Waals surface area contributed by atoms with Gasteiger partial charge in [-0.3, -0.25) is 0 Å². The van der Waals surface area contributed by atoms with Gasteiger partial charge in [-0.15, -0.1) is 0 Å². The molecule has 0 fully saturated rings. The van der Waals surface area contributed by atoms with E-state index in [9.17, 15) is 9.59 Å². The van der Waals surface area contributed by atoms with Crippen molar-refractivity contribution in [1.29, 1.82) is 0 Å². The molecule has 6 nitrogen and oxygen atoms in total. The summed E-state index contributed by atoms with van der Waals surface area (Å²) >= 11 is 0. The van der Waals surface area contributed by atoms with Crippen molar-refractivity contribution in [3.8, 4) is 11.5 Å². The summed E-state index contributed by atoms with van der Waals surface area (Å²) in [6.07, 6.45) is 5.34. The Morgan fingerprint density at radius 2 is 1.36 bits per heavy atom. The molecule has 0 amide bonds. The number of benzene rings is 2. The number of ether oxygens (including phenoxy) is 2. The second kappa shape index (κ2) is 11.8. The van der Waals surface area contributed by atoms with Crippen molar-refractivity contribution in [3.63, 3.8) is 0 Å². The number of carbonyl (C=O) groups excluding carboxylic acids is 2. The lowest BCUT2D eigenvalue weighted by Gasteiger charge is -2.38. The van der Waals surface area contributed by atoms with Crippen molar-refractivity contribution < 1.29 is 19.1 Å². The number of carbonyl (C=O) groups is 2. The topological polar surface area (TPSA) is 59.1 Å². The van der Waals surface area contributed by atoms with Crippen molar-refractivity contribution in [2.24, 2.45) is 0 Å². The molecule has 0 saturated carbocycles. The Labute approximate surface area is 215 Å². The highest BCUT2D eigenvalue weighted by atomic mass is 16.6. The van der Waals surface area contributed by atoms with Gasteiger partial charge in [-0.2, -0.15) is 0 Å². The zero-order valence-corrected chi connectivity index (χ0v) is 22.9. The molecule has 2 aromatic carbocycles. The van der Waals surface area contributed by atoms with Gasteiger partial charge in [-0.25, -0.2) is 4.79 Å². The van der Waals surface area contributed by atoms with Gasteiger partial charge in [0, 0.05) is 68.4 Å². The number of Topliss-reactive ketones (excluding diaryl/α,β-unsaturated/α-hetero) is 1. The lowest BCUT2D eigenvalue weighted by atomic mass is 9.77. The van der Waals surface area contributed by atoms with Crippen LogP contribution in [0.5, 0.6) is 11.5 Å². The number of allylic oxidation sites excluding steroid dienone is 1. The molecular weight excluding hydrogens is 452 g/mol. The lowest BCUT2D eigenvalue weighted by Crippen LogP contribution is -2.34. The van der Waals surface area contributed by atoms with Crippen LogP contribution in [0, 0.1) is 0 Å². The third-order valence-corrected chi connectivity index (χ3v) is 5.61. The zero-order valence-electron chi connectivity index (χ0n) is 22.9. The molecule has 0 aromatic heterocycles. The number of hydrogen-bond acceptors (Lipinski definition) is 6. The van der Waals surface area contributed by atoms with E-state index in [1.165, 1.54) is 13.8 Å². The number of anilines is 2. The van der Waals surface area contributed by atoms with Crippen molar-refractivity contribution in [2.45, 2.75) is 40.2 Å². The molecule has 2 aliphatic rings. The molecule has 0 N–H and O–H groups in total. The van der Waals surface area contributed by atoms with Crippen LogP contribution >= 0.6 is 0 Å². The van der Waals surface area contributed by atoms with Crippen LogP contribution in [-0.4, -0.2) is 39.9 Å². The summed E-state index contributed by atoms with van der Waals surface area (Å²) in [6.45, 7) is 13.0. The van der Waals surface area contributed by atoms with Gasteiger partial charge < -0.3 is 24.1 Å². The fourth-order valence-electron chi connectivity index (χ4n) is 4.12. The second-order valence-corrected chi connectivity index (χ2v) is 8.76. The average molecular weight is 491 g/mol. The molecule has 36 heavy (non-hydrogen) atoms. The van der Waals surface area contributed by atoms with E-state index in [1.54, 1.807) is 12.2 Å². The van der Waals surface area contributed by atoms with E-state index in [2.05, 4.69) is 6.58 Å². The Bertz CT molecular complexity index is 1140. The maximum absolute atomic E-state index is 12.9. The van der Waals surface area contributed by atoms with Gasteiger partial charge in [0.05, 0.1) is 5.57 Å². The van der Waals surface area contributed by atoms with Crippen LogP contribution < -0.4 is 14.5 Å². The first-order valence-electron chi connectivity index (χ1n) is 12.1. The van der Waals surface area contributed by atoms with E-state index in [0.29, 0.717) is 17.1 Å². The van der Waals surface area contributed by atoms with Gasteiger partial charge >= 0.3 is 5.97 Å². The zero-order chi connectivity index (χ0) is 27.2. The molecule has 0 atom stereocenters. The molecular formula is C30H38N2O4. The van der Waals surface area contributed by atoms with Crippen molar-refractivity contribution in [3.05, 3.63) is 83.5 Å². The van der Waals surface area contributed by atoms with Gasteiger partial charge in [0.2, 0.25) is 0 Å². The summed E-state index contributed by atoms with van der Waals surface area (Å²) in [4.78, 5) is 26.4. The van der Waals surface area contributed by atoms with Crippen LogP contribution in [0.25, 0.3) is 0 Å². The van der Waals surface area contributed by atoms with Crippen LogP contribution in [-0.2, 0) is 19.9 Å². The summed E-state index contributed by atoms with van der Waals surface area (Å²) < 4.78 is 12.5. The fraction of sp³-hybridized carbons (Fsp3) is 0.333. The predicted octanol–water partition coefficient (Wildman–Crippen LogP) is 6.40. The highest BCUT2D eigenvalue weighted by Gasteiger charge is 2.53. The van der Waals surface area contributed by atoms with Crippen LogP contribution in [0.4, 0.5) is 11.4 Å². The number of rotatable bonds is 4. The largest absolute Gasteiger partial charge is 0.456 e. The normalized spacial score (nSPS) is 14.4. The van der Waals surface area contributed by atoms with Gasteiger partial charge in [0.25, 0.3) is 0 Å². The molecule has 0 aliphatic carbocycles. The van der Waals surface area contributed by atoms with Crippen LogP contribution in [0.2, 0.25) is 0 Å². The maximum Gasteiger partial charge on any atom is 0.340 e. The van der Waals surface area contributed by atoms with Crippen molar-refractivity contribution in [1.82, 2.24) is 0 Å². The molecule has 0 saturated heterocycles. The van der Waals surface area contributed by atoms with Gasteiger partial charge in [0.1, 0.15) is 17.3 Å². The average Bonchev–Trinajstić information content (AvgIpc) is 3.11. The molecule has 2 heterocycles. The SMILES string of the molecule is C=CC1=C(/C=C\C)C(=O)OC12c1ccc(N(C)C)cc1Oc1cc(N(C)C)ccc12.CC.CC(C)=O. The summed E-state index contributed by atoms with van der Waals surface area (Å²) in [6, 6.07) is 11.9. The minimum atomic E-state index is -1.09. The first kappa shape index (κ1) is 28.4. The Balaban J connectivity index is 0.000000694. The molecule has 0 radical (unpaired) electrons. The Morgan fingerprint density at radius 1 is 0.917 bits per heavy atom. The Morgan fingerprint density at radius 3 is 1.72 bits per heavy atom. The standard InChI is InChI=1S/C25H26N2O3.C3H6O.C2H6/c1-7-9-18-19(8-2)25(30-24(18)28)20-12-10-16(26(3)4)14-22(20)29-23-15-17(27(5)6)11-13-21(23)25;1-3(2)4;1-2/h7-15H,2H2,1,3-6H3;1-2H3;1-2H3/b9-7-;;. The lowest BCUT2D eigenvalue weighted by molar-refractivity contribution is -0.144. The highest BCUT2D eigenvalue weighted by Crippen LogP contribution is 2.57. The van der Waals surface area contributed by atoms with E-state index in [1.807, 2.05) is 101 Å². The molecule has 0 unspecified atom stereocenters. The Kier molecular flexibility index (Phi) is 9.29. The third kappa shape index (κ3) is 5.23. The van der Waals surface area contributed by atoms with Crippen molar-refractivity contribution >= 4 is 23.1 Å². The molecule has 192 valence electrons. The summed E-state index contributed by atoms with van der Waals surface area (Å²) in [5.41, 5.74) is 3.73.